The highest BCUT2D eigenvalue weighted by Crippen LogP contribution is 2.22. The van der Waals surface area contributed by atoms with Crippen molar-refractivity contribution in [3.63, 3.8) is 0 Å². The minimum atomic E-state index is -1.10. The molecule has 0 saturated heterocycles. The third kappa shape index (κ3) is 3.99. The normalized spacial score (nSPS) is 11.8. The lowest BCUT2D eigenvalue weighted by atomic mass is 10.1. The molecule has 1 amide bonds. The van der Waals surface area contributed by atoms with Gasteiger partial charge in [-0.15, -0.1) is 0 Å². The van der Waals surface area contributed by atoms with Gasteiger partial charge in [0.1, 0.15) is 0 Å². The Balaban J connectivity index is 2.91. The van der Waals surface area contributed by atoms with E-state index in [-0.39, 0.29) is 23.6 Å². The monoisotopic (exact) mass is 315 g/mol. The second-order valence-corrected chi connectivity index (χ2v) is 5.30. The van der Waals surface area contributed by atoms with Crippen LogP contribution < -0.4 is 0 Å². The summed E-state index contributed by atoms with van der Waals surface area (Å²) in [6, 6.07) is 5.02. The van der Waals surface area contributed by atoms with E-state index < -0.39 is 5.97 Å². The van der Waals surface area contributed by atoms with Gasteiger partial charge in [0.05, 0.1) is 0 Å². The highest BCUT2D eigenvalue weighted by Gasteiger charge is 2.17. The van der Waals surface area contributed by atoms with Gasteiger partial charge in [0.2, 0.25) is 5.91 Å². The van der Waals surface area contributed by atoms with E-state index in [9.17, 15) is 9.59 Å². The zero-order chi connectivity index (χ0) is 15.4. The Kier molecular flexibility index (Phi) is 5.60. The van der Waals surface area contributed by atoms with Crippen LogP contribution in [0.3, 0.4) is 0 Å². The maximum Gasteiger partial charge on any atom is 0.331 e. The standard InChI is InChI=1S/C14H15Cl2NO3/c1-8(9(2)14(19)20)13(18)17(3)7-10-4-5-11(15)6-12(10)16/h4-6H,7H2,1-3H3,(H,19,20). The second-order valence-electron chi connectivity index (χ2n) is 4.45. The molecule has 108 valence electrons. The lowest BCUT2D eigenvalue weighted by molar-refractivity contribution is -0.133. The van der Waals surface area contributed by atoms with Gasteiger partial charge in [-0.25, -0.2) is 4.79 Å². The van der Waals surface area contributed by atoms with Gasteiger partial charge in [-0.3, -0.25) is 4.79 Å². The van der Waals surface area contributed by atoms with Crippen molar-refractivity contribution in [3.05, 3.63) is 45.0 Å². The molecular formula is C14H15Cl2NO3. The molecule has 0 heterocycles. The van der Waals surface area contributed by atoms with Crippen molar-refractivity contribution >= 4 is 35.1 Å². The van der Waals surface area contributed by atoms with Crippen LogP contribution in [0.4, 0.5) is 0 Å². The van der Waals surface area contributed by atoms with Crippen molar-refractivity contribution in [2.24, 2.45) is 0 Å². The van der Waals surface area contributed by atoms with E-state index in [0.717, 1.165) is 5.56 Å². The van der Waals surface area contributed by atoms with Gasteiger partial charge in [-0.05, 0) is 31.5 Å². The van der Waals surface area contributed by atoms with E-state index in [1.54, 1.807) is 25.2 Å². The Morgan fingerprint density at radius 2 is 1.80 bits per heavy atom. The quantitative estimate of drug-likeness (QED) is 0.867. The summed E-state index contributed by atoms with van der Waals surface area (Å²) in [6.45, 7) is 3.17. The van der Waals surface area contributed by atoms with Crippen LogP contribution in [-0.4, -0.2) is 28.9 Å². The molecule has 0 spiro atoms. The zero-order valence-corrected chi connectivity index (χ0v) is 12.9. The molecule has 1 aromatic rings. The third-order valence-corrected chi connectivity index (χ3v) is 3.56. The molecule has 1 N–H and O–H groups in total. The molecule has 1 rings (SSSR count). The minimum Gasteiger partial charge on any atom is -0.478 e. The maximum absolute atomic E-state index is 12.1. The highest BCUT2D eigenvalue weighted by molar-refractivity contribution is 6.35. The number of carboxylic acids is 1. The van der Waals surface area contributed by atoms with E-state index in [1.165, 1.54) is 18.7 Å². The first kappa shape index (κ1) is 16.5. The summed E-state index contributed by atoms with van der Waals surface area (Å²) < 4.78 is 0. The largest absolute Gasteiger partial charge is 0.478 e. The van der Waals surface area contributed by atoms with Crippen LogP contribution in [0, 0.1) is 0 Å². The summed E-state index contributed by atoms with van der Waals surface area (Å²) in [5, 5.41) is 9.87. The van der Waals surface area contributed by atoms with Crippen molar-refractivity contribution in [2.45, 2.75) is 20.4 Å². The Bertz CT molecular complexity index is 582. The Morgan fingerprint density at radius 3 is 2.30 bits per heavy atom. The SMILES string of the molecule is CC(C(=O)O)=C(C)C(=O)N(C)Cc1ccc(Cl)cc1Cl. The number of nitrogens with zero attached hydrogens (tertiary/aromatic N) is 1. The average Bonchev–Trinajstić information content (AvgIpc) is 2.39. The number of aliphatic carboxylic acids is 1. The number of hydrogen-bond donors (Lipinski definition) is 1. The van der Waals surface area contributed by atoms with Crippen LogP contribution in [0.2, 0.25) is 10.0 Å². The summed E-state index contributed by atoms with van der Waals surface area (Å²) >= 11 is 11.8. The first-order valence-electron chi connectivity index (χ1n) is 5.84. The predicted octanol–water partition coefficient (Wildman–Crippen LogP) is 3.37. The molecule has 0 radical (unpaired) electrons. The number of carboxylic acid groups (broad SMARTS) is 1. The van der Waals surface area contributed by atoms with Crippen molar-refractivity contribution in [1.29, 1.82) is 0 Å². The summed E-state index contributed by atoms with van der Waals surface area (Å²) in [6.07, 6.45) is 0. The van der Waals surface area contributed by atoms with Gasteiger partial charge < -0.3 is 10.0 Å². The van der Waals surface area contributed by atoms with Crippen molar-refractivity contribution < 1.29 is 14.7 Å². The Morgan fingerprint density at radius 1 is 1.20 bits per heavy atom. The molecule has 0 bridgehead atoms. The first-order chi connectivity index (χ1) is 9.23. The van der Waals surface area contributed by atoms with Crippen molar-refractivity contribution in [1.82, 2.24) is 4.90 Å². The molecule has 4 nitrogen and oxygen atoms in total. The van der Waals surface area contributed by atoms with E-state index in [2.05, 4.69) is 0 Å². The van der Waals surface area contributed by atoms with Crippen molar-refractivity contribution in [2.75, 3.05) is 7.05 Å². The summed E-state index contributed by atoms with van der Waals surface area (Å²) in [4.78, 5) is 24.4. The fourth-order valence-electron chi connectivity index (χ4n) is 1.58. The number of carbonyl (C=O) groups excluding carboxylic acids is 1. The van der Waals surface area contributed by atoms with Gasteiger partial charge >= 0.3 is 5.97 Å². The first-order valence-corrected chi connectivity index (χ1v) is 6.59. The van der Waals surface area contributed by atoms with Crippen LogP contribution in [0.1, 0.15) is 19.4 Å². The number of halogens is 2. The minimum absolute atomic E-state index is 0.0315. The van der Waals surface area contributed by atoms with Gasteiger partial charge in [-0.1, -0.05) is 29.3 Å². The number of carbonyl (C=O) groups is 2. The van der Waals surface area contributed by atoms with Gasteiger partial charge in [0.15, 0.2) is 0 Å². The molecule has 0 aromatic heterocycles. The molecule has 0 aliphatic heterocycles. The fraction of sp³-hybridized carbons (Fsp3) is 0.286. The van der Waals surface area contributed by atoms with Gasteiger partial charge in [-0.2, -0.15) is 0 Å². The van der Waals surface area contributed by atoms with Crippen LogP contribution in [0.5, 0.6) is 0 Å². The van der Waals surface area contributed by atoms with Crippen LogP contribution >= 0.6 is 23.2 Å². The molecule has 20 heavy (non-hydrogen) atoms. The number of hydrogen-bond acceptors (Lipinski definition) is 2. The predicted molar refractivity (Wildman–Crippen MR) is 78.9 cm³/mol. The lowest BCUT2D eigenvalue weighted by Crippen LogP contribution is -2.28. The van der Waals surface area contributed by atoms with E-state index in [4.69, 9.17) is 28.3 Å². The van der Waals surface area contributed by atoms with Crippen LogP contribution in [-0.2, 0) is 16.1 Å². The van der Waals surface area contributed by atoms with E-state index in [0.29, 0.717) is 10.0 Å². The topological polar surface area (TPSA) is 57.6 Å². The van der Waals surface area contributed by atoms with Crippen LogP contribution in [0.15, 0.2) is 29.3 Å². The molecule has 1 aromatic carbocycles. The molecule has 0 saturated carbocycles. The second kappa shape index (κ2) is 6.77. The summed E-state index contributed by atoms with van der Waals surface area (Å²) in [5.74, 6) is -1.45. The van der Waals surface area contributed by atoms with E-state index >= 15 is 0 Å². The summed E-state index contributed by atoms with van der Waals surface area (Å²) in [7, 11) is 1.59. The number of benzene rings is 1. The van der Waals surface area contributed by atoms with Crippen LogP contribution in [0.25, 0.3) is 0 Å². The van der Waals surface area contributed by atoms with Gasteiger partial charge in [0.25, 0.3) is 0 Å². The van der Waals surface area contributed by atoms with Crippen molar-refractivity contribution in [3.8, 4) is 0 Å². The molecule has 0 atom stereocenters. The fourth-order valence-corrected chi connectivity index (χ4v) is 2.05. The maximum atomic E-state index is 12.1. The summed E-state index contributed by atoms with van der Waals surface area (Å²) in [5.41, 5.74) is 0.974. The lowest BCUT2D eigenvalue weighted by Gasteiger charge is -2.19. The number of amides is 1. The third-order valence-electron chi connectivity index (χ3n) is 2.97. The molecule has 0 aliphatic rings. The Hall–Kier alpha value is -1.52. The Labute approximate surface area is 127 Å². The molecular weight excluding hydrogens is 301 g/mol. The number of rotatable bonds is 4. The zero-order valence-electron chi connectivity index (χ0n) is 11.4. The molecule has 0 aliphatic carbocycles. The highest BCUT2D eigenvalue weighted by atomic mass is 35.5. The van der Waals surface area contributed by atoms with E-state index in [1.807, 2.05) is 0 Å². The molecule has 0 unspecified atom stereocenters. The smallest absolute Gasteiger partial charge is 0.331 e. The number of likely N-dealkylation sites (N-methyl/N-ethyl adjacent to an activating group) is 1. The average molecular weight is 316 g/mol. The molecule has 6 heteroatoms. The van der Waals surface area contributed by atoms with Gasteiger partial charge in [0, 0.05) is 34.8 Å². The molecule has 0 fully saturated rings.